The summed E-state index contributed by atoms with van der Waals surface area (Å²) in [4.78, 5) is 5.44. The first kappa shape index (κ1) is 12.8. The third-order valence-corrected chi connectivity index (χ3v) is 2.86. The van der Waals surface area contributed by atoms with E-state index in [0.29, 0.717) is 6.61 Å². The van der Waals surface area contributed by atoms with Gasteiger partial charge in [0.2, 0.25) is 0 Å². The van der Waals surface area contributed by atoms with Crippen LogP contribution < -0.4 is 5.48 Å². The highest BCUT2D eigenvalue weighted by Crippen LogP contribution is 2.05. The van der Waals surface area contributed by atoms with Crippen LogP contribution in [0.4, 0.5) is 0 Å². The molecule has 2 aromatic carbocycles. The van der Waals surface area contributed by atoms with E-state index in [2.05, 4.69) is 67.9 Å². The van der Waals surface area contributed by atoms with E-state index in [0.717, 1.165) is 6.54 Å². The molecule has 18 heavy (non-hydrogen) atoms. The Hall–Kier alpha value is -1.64. The second kappa shape index (κ2) is 6.34. The summed E-state index contributed by atoms with van der Waals surface area (Å²) in [5, 5.41) is 0. The lowest BCUT2D eigenvalue weighted by Gasteiger charge is -2.06. The third kappa shape index (κ3) is 3.99. The van der Waals surface area contributed by atoms with Gasteiger partial charge in [-0.1, -0.05) is 59.7 Å². The average Bonchev–Trinajstić information content (AvgIpc) is 2.39. The molecular weight excluding hydrogens is 222 g/mol. The van der Waals surface area contributed by atoms with Crippen molar-refractivity contribution in [1.82, 2.24) is 5.48 Å². The predicted molar refractivity (Wildman–Crippen MR) is 74.0 cm³/mol. The van der Waals surface area contributed by atoms with Crippen molar-refractivity contribution in [1.29, 1.82) is 0 Å². The summed E-state index contributed by atoms with van der Waals surface area (Å²) in [5.74, 6) is 0. The van der Waals surface area contributed by atoms with Crippen molar-refractivity contribution >= 4 is 0 Å². The standard InChI is InChI=1S/C16H19NO/c1-13-3-7-15(8-4-13)11-17-18-12-16-9-5-14(2)6-10-16/h3-10,17H,11-12H2,1-2H3. The second-order valence-electron chi connectivity index (χ2n) is 4.58. The van der Waals surface area contributed by atoms with E-state index in [-0.39, 0.29) is 0 Å². The summed E-state index contributed by atoms with van der Waals surface area (Å²) in [6.45, 7) is 5.49. The smallest absolute Gasteiger partial charge is 0.0933 e. The highest BCUT2D eigenvalue weighted by atomic mass is 16.6. The SMILES string of the molecule is Cc1ccc(CNOCc2ccc(C)cc2)cc1. The van der Waals surface area contributed by atoms with Crippen LogP contribution in [0.2, 0.25) is 0 Å². The molecule has 0 fully saturated rings. The Bertz CT molecular complexity index is 426. The van der Waals surface area contributed by atoms with E-state index in [1.165, 1.54) is 22.3 Å². The van der Waals surface area contributed by atoms with Gasteiger partial charge in [-0.15, -0.1) is 0 Å². The van der Waals surface area contributed by atoms with Gasteiger partial charge in [0.25, 0.3) is 0 Å². The number of hydrogen-bond acceptors (Lipinski definition) is 2. The van der Waals surface area contributed by atoms with E-state index < -0.39 is 0 Å². The molecule has 0 unspecified atom stereocenters. The molecular formula is C16H19NO. The lowest BCUT2D eigenvalue weighted by molar-refractivity contribution is 0.0235. The Morgan fingerprint density at radius 1 is 0.778 bits per heavy atom. The lowest BCUT2D eigenvalue weighted by atomic mass is 10.1. The van der Waals surface area contributed by atoms with Gasteiger partial charge in [0, 0.05) is 6.54 Å². The average molecular weight is 241 g/mol. The van der Waals surface area contributed by atoms with Crippen molar-refractivity contribution in [2.75, 3.05) is 0 Å². The Balaban J connectivity index is 1.73. The van der Waals surface area contributed by atoms with Gasteiger partial charge in [-0.3, -0.25) is 4.84 Å². The molecule has 0 saturated heterocycles. The Morgan fingerprint density at radius 3 is 1.83 bits per heavy atom. The van der Waals surface area contributed by atoms with Crippen molar-refractivity contribution in [3.63, 3.8) is 0 Å². The minimum atomic E-state index is 0.589. The maximum Gasteiger partial charge on any atom is 0.0933 e. The van der Waals surface area contributed by atoms with E-state index in [1.807, 2.05) is 0 Å². The van der Waals surface area contributed by atoms with Crippen LogP contribution in [-0.4, -0.2) is 0 Å². The molecule has 0 spiro atoms. The lowest BCUT2D eigenvalue weighted by Crippen LogP contribution is -2.13. The summed E-state index contributed by atoms with van der Waals surface area (Å²) < 4.78 is 0. The minimum Gasteiger partial charge on any atom is -0.297 e. The maximum atomic E-state index is 5.44. The molecule has 0 aliphatic rings. The summed E-state index contributed by atoms with van der Waals surface area (Å²) >= 11 is 0. The Labute approximate surface area is 109 Å². The second-order valence-corrected chi connectivity index (χ2v) is 4.58. The Kier molecular flexibility index (Phi) is 4.51. The molecule has 0 atom stereocenters. The number of rotatable bonds is 5. The monoisotopic (exact) mass is 241 g/mol. The predicted octanol–water partition coefficient (Wildman–Crippen LogP) is 3.52. The molecule has 2 rings (SSSR count). The van der Waals surface area contributed by atoms with E-state index in [9.17, 15) is 0 Å². The fourth-order valence-corrected chi connectivity index (χ4v) is 1.66. The zero-order valence-electron chi connectivity index (χ0n) is 10.9. The van der Waals surface area contributed by atoms with Crippen molar-refractivity contribution in [3.8, 4) is 0 Å². The van der Waals surface area contributed by atoms with Crippen molar-refractivity contribution in [2.45, 2.75) is 27.0 Å². The quantitative estimate of drug-likeness (QED) is 0.638. The van der Waals surface area contributed by atoms with Gasteiger partial charge in [0.05, 0.1) is 6.61 Å². The molecule has 2 heteroatoms. The summed E-state index contributed by atoms with van der Waals surface area (Å²) in [5.41, 5.74) is 7.94. The summed E-state index contributed by atoms with van der Waals surface area (Å²) in [6, 6.07) is 16.8. The molecule has 0 bridgehead atoms. The molecule has 0 radical (unpaired) electrons. The zero-order valence-corrected chi connectivity index (χ0v) is 10.9. The van der Waals surface area contributed by atoms with Gasteiger partial charge in [-0.25, -0.2) is 0 Å². The van der Waals surface area contributed by atoms with Crippen LogP contribution in [-0.2, 0) is 18.0 Å². The van der Waals surface area contributed by atoms with Gasteiger partial charge in [0.15, 0.2) is 0 Å². The first-order chi connectivity index (χ1) is 8.74. The van der Waals surface area contributed by atoms with Crippen LogP contribution in [0.15, 0.2) is 48.5 Å². The molecule has 0 amide bonds. The summed E-state index contributed by atoms with van der Waals surface area (Å²) in [6.07, 6.45) is 0. The van der Waals surface area contributed by atoms with Crippen LogP contribution >= 0.6 is 0 Å². The van der Waals surface area contributed by atoms with Crippen LogP contribution in [0.5, 0.6) is 0 Å². The van der Waals surface area contributed by atoms with Crippen molar-refractivity contribution < 1.29 is 4.84 Å². The van der Waals surface area contributed by atoms with Crippen molar-refractivity contribution in [2.24, 2.45) is 0 Å². The van der Waals surface area contributed by atoms with Crippen LogP contribution in [0.1, 0.15) is 22.3 Å². The summed E-state index contributed by atoms with van der Waals surface area (Å²) in [7, 11) is 0. The molecule has 0 heterocycles. The fraction of sp³-hybridized carbons (Fsp3) is 0.250. The molecule has 2 aromatic rings. The highest BCUT2D eigenvalue weighted by molar-refractivity contribution is 5.21. The normalized spacial score (nSPS) is 10.6. The van der Waals surface area contributed by atoms with Gasteiger partial charge >= 0.3 is 0 Å². The number of benzene rings is 2. The van der Waals surface area contributed by atoms with Crippen LogP contribution in [0.3, 0.4) is 0 Å². The maximum absolute atomic E-state index is 5.44. The topological polar surface area (TPSA) is 21.3 Å². The number of hydrogen-bond donors (Lipinski definition) is 1. The van der Waals surface area contributed by atoms with Crippen LogP contribution in [0, 0.1) is 13.8 Å². The number of nitrogens with one attached hydrogen (secondary N) is 1. The third-order valence-electron chi connectivity index (χ3n) is 2.86. The van der Waals surface area contributed by atoms with E-state index in [4.69, 9.17) is 4.84 Å². The molecule has 0 saturated carbocycles. The molecule has 1 N–H and O–H groups in total. The molecule has 0 aromatic heterocycles. The van der Waals surface area contributed by atoms with E-state index in [1.54, 1.807) is 0 Å². The fourth-order valence-electron chi connectivity index (χ4n) is 1.66. The number of aryl methyl sites for hydroxylation is 2. The van der Waals surface area contributed by atoms with Crippen molar-refractivity contribution in [3.05, 3.63) is 70.8 Å². The minimum absolute atomic E-state index is 0.589. The molecule has 2 nitrogen and oxygen atoms in total. The first-order valence-electron chi connectivity index (χ1n) is 6.20. The first-order valence-corrected chi connectivity index (χ1v) is 6.20. The zero-order chi connectivity index (χ0) is 12.8. The number of hydroxylamine groups is 1. The molecule has 0 aliphatic heterocycles. The van der Waals surface area contributed by atoms with Gasteiger partial charge in [0.1, 0.15) is 0 Å². The molecule has 94 valence electrons. The van der Waals surface area contributed by atoms with Gasteiger partial charge < -0.3 is 0 Å². The van der Waals surface area contributed by atoms with Crippen LogP contribution in [0.25, 0.3) is 0 Å². The highest BCUT2D eigenvalue weighted by Gasteiger charge is 1.94. The van der Waals surface area contributed by atoms with Gasteiger partial charge in [-0.2, -0.15) is 5.48 Å². The van der Waals surface area contributed by atoms with E-state index >= 15 is 0 Å². The van der Waals surface area contributed by atoms with Gasteiger partial charge in [-0.05, 0) is 25.0 Å². The Morgan fingerprint density at radius 2 is 1.28 bits per heavy atom. The molecule has 0 aliphatic carbocycles. The largest absolute Gasteiger partial charge is 0.297 e.